The quantitative estimate of drug-likeness (QED) is 0.700. The lowest BCUT2D eigenvalue weighted by Crippen LogP contribution is -2.19. The summed E-state index contributed by atoms with van der Waals surface area (Å²) in [6.45, 7) is 0. The van der Waals surface area contributed by atoms with E-state index in [9.17, 15) is 4.79 Å². The summed E-state index contributed by atoms with van der Waals surface area (Å²) >= 11 is 0. The van der Waals surface area contributed by atoms with Gasteiger partial charge in [0.2, 0.25) is 0 Å². The molecule has 0 saturated heterocycles. The minimum Gasteiger partial charge on any atom is -0.378 e. The van der Waals surface area contributed by atoms with Crippen molar-refractivity contribution in [2.45, 2.75) is 12.0 Å². The highest BCUT2D eigenvalue weighted by Crippen LogP contribution is 2.39. The summed E-state index contributed by atoms with van der Waals surface area (Å²) < 4.78 is 0. The van der Waals surface area contributed by atoms with Crippen LogP contribution < -0.4 is 5.32 Å². The summed E-state index contributed by atoms with van der Waals surface area (Å²) in [4.78, 5) is 10.7. The van der Waals surface area contributed by atoms with Gasteiger partial charge in [-0.25, -0.2) is 0 Å². The molecule has 2 aliphatic rings. The molecule has 1 heterocycles. The van der Waals surface area contributed by atoms with Crippen LogP contribution in [0.4, 0.5) is 5.69 Å². The molecule has 1 aromatic rings. The molecule has 0 saturated carbocycles. The second-order valence-corrected chi connectivity index (χ2v) is 3.93. The molecule has 0 bridgehead atoms. The standard InChI is InChI=1S/C13H11NO/c15-8-9-5-6-13-11(7-9)10-3-1-2-4-12(10)14-13/h1-8,11,13-14H. The Balaban J connectivity index is 2.08. The van der Waals surface area contributed by atoms with Crippen LogP contribution in [-0.4, -0.2) is 12.3 Å². The first-order valence-electron chi connectivity index (χ1n) is 5.09. The van der Waals surface area contributed by atoms with Crippen LogP contribution in [0.3, 0.4) is 0 Å². The van der Waals surface area contributed by atoms with Gasteiger partial charge in [-0.05, 0) is 11.6 Å². The lowest BCUT2D eigenvalue weighted by molar-refractivity contribution is -0.104. The lowest BCUT2D eigenvalue weighted by Gasteiger charge is -2.17. The highest BCUT2D eigenvalue weighted by atomic mass is 16.1. The Bertz CT molecular complexity index is 473. The second kappa shape index (κ2) is 3.09. The maximum Gasteiger partial charge on any atom is 0.149 e. The number of nitrogens with one attached hydrogen (secondary N) is 1. The number of para-hydroxylation sites is 1. The summed E-state index contributed by atoms with van der Waals surface area (Å²) in [7, 11) is 0. The first kappa shape index (κ1) is 8.48. The van der Waals surface area contributed by atoms with E-state index in [2.05, 4.69) is 23.5 Å². The molecule has 2 heteroatoms. The second-order valence-electron chi connectivity index (χ2n) is 3.93. The van der Waals surface area contributed by atoms with Gasteiger partial charge in [0, 0.05) is 17.2 Å². The molecule has 0 fully saturated rings. The fourth-order valence-corrected chi connectivity index (χ4v) is 2.30. The van der Waals surface area contributed by atoms with Crippen molar-refractivity contribution in [3.05, 3.63) is 53.6 Å². The molecular weight excluding hydrogens is 186 g/mol. The normalized spacial score (nSPS) is 26.3. The van der Waals surface area contributed by atoms with E-state index in [0.717, 1.165) is 11.9 Å². The fraction of sp³-hybridized carbons (Fsp3) is 0.154. The Morgan fingerprint density at radius 1 is 1.27 bits per heavy atom. The maximum atomic E-state index is 10.7. The lowest BCUT2D eigenvalue weighted by atomic mass is 9.89. The zero-order valence-electron chi connectivity index (χ0n) is 8.18. The smallest absolute Gasteiger partial charge is 0.149 e. The number of rotatable bonds is 1. The first-order valence-corrected chi connectivity index (χ1v) is 5.09. The van der Waals surface area contributed by atoms with Crippen LogP contribution in [0.25, 0.3) is 0 Å². The van der Waals surface area contributed by atoms with Crippen molar-refractivity contribution in [3.8, 4) is 0 Å². The molecule has 2 atom stereocenters. The molecule has 0 spiro atoms. The van der Waals surface area contributed by atoms with Gasteiger partial charge in [0.15, 0.2) is 0 Å². The summed E-state index contributed by atoms with van der Waals surface area (Å²) in [6.07, 6.45) is 6.89. The van der Waals surface area contributed by atoms with Crippen LogP contribution in [-0.2, 0) is 4.79 Å². The van der Waals surface area contributed by atoms with Crippen molar-refractivity contribution in [2.75, 3.05) is 5.32 Å². The highest BCUT2D eigenvalue weighted by molar-refractivity contribution is 5.80. The topological polar surface area (TPSA) is 29.1 Å². The number of aldehydes is 1. The van der Waals surface area contributed by atoms with Crippen LogP contribution >= 0.6 is 0 Å². The number of allylic oxidation sites excluding steroid dienone is 2. The summed E-state index contributed by atoms with van der Waals surface area (Å²) in [5.74, 6) is 0.311. The van der Waals surface area contributed by atoms with Gasteiger partial charge in [-0.2, -0.15) is 0 Å². The van der Waals surface area contributed by atoms with Gasteiger partial charge < -0.3 is 5.32 Å². The molecule has 0 amide bonds. The number of anilines is 1. The molecule has 1 aliphatic carbocycles. The Morgan fingerprint density at radius 2 is 2.13 bits per heavy atom. The van der Waals surface area contributed by atoms with E-state index in [0.29, 0.717) is 12.0 Å². The zero-order valence-corrected chi connectivity index (χ0v) is 8.18. The predicted molar refractivity (Wildman–Crippen MR) is 59.9 cm³/mol. The first-order chi connectivity index (χ1) is 7.38. The molecule has 0 radical (unpaired) electrons. The van der Waals surface area contributed by atoms with E-state index in [1.807, 2.05) is 24.3 Å². The number of hydrogen-bond donors (Lipinski definition) is 1. The van der Waals surface area contributed by atoms with Gasteiger partial charge in [0.1, 0.15) is 6.29 Å². The van der Waals surface area contributed by atoms with Gasteiger partial charge in [-0.15, -0.1) is 0 Å². The molecule has 1 N–H and O–H groups in total. The Hall–Kier alpha value is -1.83. The van der Waals surface area contributed by atoms with Gasteiger partial charge in [-0.1, -0.05) is 36.4 Å². The molecule has 15 heavy (non-hydrogen) atoms. The Labute approximate surface area is 88.3 Å². The number of carbonyl (C=O) groups excluding carboxylic acids is 1. The SMILES string of the molecule is O=CC1=CC2c3ccccc3NC2C=C1. The molecule has 2 nitrogen and oxygen atoms in total. The van der Waals surface area contributed by atoms with E-state index in [-0.39, 0.29) is 0 Å². The van der Waals surface area contributed by atoms with Crippen molar-refractivity contribution in [3.63, 3.8) is 0 Å². The molecule has 0 aromatic heterocycles. The van der Waals surface area contributed by atoms with Crippen molar-refractivity contribution >= 4 is 12.0 Å². The highest BCUT2D eigenvalue weighted by Gasteiger charge is 2.30. The van der Waals surface area contributed by atoms with E-state index in [4.69, 9.17) is 0 Å². The molecule has 2 unspecified atom stereocenters. The van der Waals surface area contributed by atoms with Gasteiger partial charge >= 0.3 is 0 Å². The van der Waals surface area contributed by atoms with Crippen molar-refractivity contribution in [2.24, 2.45) is 0 Å². The minimum atomic E-state index is 0.311. The van der Waals surface area contributed by atoms with Crippen molar-refractivity contribution < 1.29 is 4.79 Å². The van der Waals surface area contributed by atoms with Crippen LogP contribution in [0.2, 0.25) is 0 Å². The average Bonchev–Trinajstić information content (AvgIpc) is 2.66. The van der Waals surface area contributed by atoms with Crippen molar-refractivity contribution in [1.29, 1.82) is 0 Å². The third-order valence-corrected chi connectivity index (χ3v) is 3.03. The number of hydrogen-bond acceptors (Lipinski definition) is 2. The molecule has 74 valence electrons. The average molecular weight is 197 g/mol. The van der Waals surface area contributed by atoms with Crippen LogP contribution in [0.5, 0.6) is 0 Å². The van der Waals surface area contributed by atoms with Crippen molar-refractivity contribution in [1.82, 2.24) is 0 Å². The maximum absolute atomic E-state index is 10.7. The summed E-state index contributed by atoms with van der Waals surface area (Å²) in [5, 5.41) is 3.43. The fourth-order valence-electron chi connectivity index (χ4n) is 2.30. The third kappa shape index (κ3) is 1.22. The third-order valence-electron chi connectivity index (χ3n) is 3.03. The van der Waals surface area contributed by atoms with Crippen LogP contribution in [0, 0.1) is 0 Å². The van der Waals surface area contributed by atoms with Gasteiger partial charge in [-0.3, -0.25) is 4.79 Å². The summed E-state index contributed by atoms with van der Waals surface area (Å²) in [6, 6.07) is 8.57. The van der Waals surface area contributed by atoms with E-state index < -0.39 is 0 Å². The number of fused-ring (bicyclic) bond motifs is 3. The van der Waals surface area contributed by atoms with E-state index >= 15 is 0 Å². The van der Waals surface area contributed by atoms with Crippen LogP contribution in [0.15, 0.2) is 48.1 Å². The largest absolute Gasteiger partial charge is 0.378 e. The Morgan fingerprint density at radius 3 is 3.00 bits per heavy atom. The summed E-state index contributed by atoms with van der Waals surface area (Å²) in [5.41, 5.74) is 3.24. The van der Waals surface area contributed by atoms with Crippen LogP contribution in [0.1, 0.15) is 11.5 Å². The predicted octanol–water partition coefficient (Wildman–Crippen LogP) is 2.26. The zero-order chi connectivity index (χ0) is 10.3. The van der Waals surface area contributed by atoms with Gasteiger partial charge in [0.25, 0.3) is 0 Å². The van der Waals surface area contributed by atoms with Gasteiger partial charge in [0.05, 0.1) is 6.04 Å². The molecule has 1 aromatic carbocycles. The molecular formula is C13H11NO. The minimum absolute atomic E-state index is 0.311. The molecule has 3 rings (SSSR count). The van der Waals surface area contributed by atoms with E-state index in [1.165, 1.54) is 11.3 Å². The monoisotopic (exact) mass is 197 g/mol. The number of carbonyl (C=O) groups is 1. The Kier molecular flexibility index (Phi) is 1.75. The van der Waals surface area contributed by atoms with E-state index in [1.54, 1.807) is 0 Å². The number of benzene rings is 1. The molecule has 1 aliphatic heterocycles.